The Morgan fingerprint density at radius 3 is 1.59 bits per heavy atom. The topological polar surface area (TPSA) is 13.1 Å². The first kappa shape index (κ1) is 26.6. The zero-order valence-corrected chi connectivity index (χ0v) is 26.6. The van der Waals surface area contributed by atoms with E-state index in [0.717, 1.165) is 11.2 Å². The summed E-state index contributed by atoms with van der Waals surface area (Å²) in [6, 6.07) is 62.2. The van der Waals surface area contributed by atoms with E-state index in [1.165, 1.54) is 98.0 Å². The second kappa shape index (κ2) is 10.0. The van der Waals surface area contributed by atoms with Crippen LogP contribution in [0.1, 0.15) is 0 Å². The van der Waals surface area contributed by atoms with Gasteiger partial charge < -0.3 is 4.42 Å². The highest BCUT2D eigenvalue weighted by Gasteiger charge is 2.21. The lowest BCUT2D eigenvalue weighted by Crippen LogP contribution is -1.92. The fourth-order valence-corrected chi connectivity index (χ4v) is 8.44. The molecule has 0 aliphatic carbocycles. The normalized spacial score (nSPS) is 12.1. The number of fused-ring (bicyclic) bond motifs is 5. The Hall–Kier alpha value is -6.44. The molecule has 0 fully saturated rings. The van der Waals surface area contributed by atoms with Crippen molar-refractivity contribution in [3.05, 3.63) is 170 Å². The monoisotopic (exact) mass is 620 g/mol. The van der Waals surface area contributed by atoms with E-state index in [2.05, 4.69) is 170 Å². The van der Waals surface area contributed by atoms with Crippen LogP contribution >= 0.6 is 0 Å². The van der Waals surface area contributed by atoms with E-state index in [1.54, 1.807) is 0 Å². The van der Waals surface area contributed by atoms with Gasteiger partial charge in [-0.25, -0.2) is 0 Å². The van der Waals surface area contributed by atoms with E-state index in [-0.39, 0.29) is 0 Å². The smallest absolute Gasteiger partial charge is 0.136 e. The van der Waals surface area contributed by atoms with Gasteiger partial charge in [0.05, 0.1) is 0 Å². The van der Waals surface area contributed by atoms with E-state index in [4.69, 9.17) is 4.42 Å². The molecule has 0 atom stereocenters. The van der Waals surface area contributed by atoms with Crippen LogP contribution in [0, 0.1) is 0 Å². The van der Waals surface area contributed by atoms with Crippen LogP contribution in [-0.4, -0.2) is 0 Å². The first-order valence-electron chi connectivity index (χ1n) is 16.9. The predicted molar refractivity (Wildman–Crippen MR) is 209 cm³/mol. The van der Waals surface area contributed by atoms with Gasteiger partial charge in [0.25, 0.3) is 0 Å². The van der Waals surface area contributed by atoms with Gasteiger partial charge in [0, 0.05) is 10.8 Å². The minimum absolute atomic E-state index is 0.939. The molecule has 226 valence electrons. The molecular weight excluding hydrogens is 593 g/mol. The maximum atomic E-state index is 6.35. The summed E-state index contributed by atoms with van der Waals surface area (Å²) in [6.07, 6.45) is 0. The fourth-order valence-electron chi connectivity index (χ4n) is 8.44. The summed E-state index contributed by atoms with van der Waals surface area (Å²) in [5, 5.41) is 15.0. The summed E-state index contributed by atoms with van der Waals surface area (Å²) in [6.45, 7) is 0. The lowest BCUT2D eigenvalue weighted by atomic mass is 9.83. The van der Waals surface area contributed by atoms with E-state index in [0.29, 0.717) is 0 Å². The second-order valence-corrected chi connectivity index (χ2v) is 13.2. The van der Waals surface area contributed by atoms with Crippen molar-refractivity contribution in [1.29, 1.82) is 0 Å². The molecule has 0 aliphatic rings. The number of rotatable bonds is 3. The minimum atomic E-state index is 0.939. The molecule has 0 bridgehead atoms. The molecule has 1 heterocycles. The van der Waals surface area contributed by atoms with Crippen molar-refractivity contribution in [3.8, 4) is 33.4 Å². The Bertz CT molecular complexity index is 3050. The third kappa shape index (κ3) is 3.82. The van der Waals surface area contributed by atoms with Crippen LogP contribution in [0.25, 0.3) is 109 Å². The third-order valence-corrected chi connectivity index (χ3v) is 10.6. The molecule has 0 N–H and O–H groups in total. The van der Waals surface area contributed by atoms with E-state index in [9.17, 15) is 0 Å². The summed E-state index contributed by atoms with van der Waals surface area (Å²) in [5.41, 5.74) is 9.31. The fraction of sp³-hybridized carbons (Fsp3) is 0. The quantitative estimate of drug-likeness (QED) is 0.141. The van der Waals surface area contributed by atoms with E-state index in [1.807, 2.05) is 0 Å². The lowest BCUT2D eigenvalue weighted by Gasteiger charge is -2.19. The molecule has 0 saturated carbocycles. The van der Waals surface area contributed by atoms with Gasteiger partial charge in [-0.3, -0.25) is 0 Å². The van der Waals surface area contributed by atoms with Crippen LogP contribution < -0.4 is 0 Å². The Balaban J connectivity index is 1.18. The Kier molecular flexibility index (Phi) is 5.45. The SMILES string of the molecule is c1cc(-c2ccc3ccc4ccccc4c3c2)cc(-c2c3ccccc3c(-c3cc4cccc5oc6cccc3c6c45)c3ccccc23)c1. The molecule has 11 aromatic rings. The van der Waals surface area contributed by atoms with Crippen LogP contribution in [0.4, 0.5) is 0 Å². The number of hydrogen-bond donors (Lipinski definition) is 0. The second-order valence-electron chi connectivity index (χ2n) is 13.2. The molecule has 0 saturated heterocycles. The van der Waals surface area contributed by atoms with Gasteiger partial charge in [0.2, 0.25) is 0 Å². The van der Waals surface area contributed by atoms with Gasteiger partial charge in [0.15, 0.2) is 0 Å². The van der Waals surface area contributed by atoms with Crippen molar-refractivity contribution < 1.29 is 4.42 Å². The van der Waals surface area contributed by atoms with Gasteiger partial charge in [-0.15, -0.1) is 0 Å². The molecule has 1 heteroatoms. The molecule has 0 amide bonds. The molecule has 0 aliphatic heterocycles. The largest absolute Gasteiger partial charge is 0.456 e. The van der Waals surface area contributed by atoms with E-state index >= 15 is 0 Å². The van der Waals surface area contributed by atoms with Crippen LogP contribution in [0.15, 0.2) is 174 Å². The predicted octanol–water partition coefficient (Wildman–Crippen LogP) is 13.8. The maximum Gasteiger partial charge on any atom is 0.136 e. The molecule has 49 heavy (non-hydrogen) atoms. The van der Waals surface area contributed by atoms with Gasteiger partial charge in [0.1, 0.15) is 11.2 Å². The Labute approximate surface area is 282 Å². The van der Waals surface area contributed by atoms with Gasteiger partial charge in [-0.2, -0.15) is 0 Å². The van der Waals surface area contributed by atoms with Crippen molar-refractivity contribution in [2.45, 2.75) is 0 Å². The molecule has 11 rings (SSSR count). The van der Waals surface area contributed by atoms with Crippen LogP contribution in [-0.2, 0) is 0 Å². The van der Waals surface area contributed by atoms with Crippen LogP contribution in [0.2, 0.25) is 0 Å². The summed E-state index contributed by atoms with van der Waals surface area (Å²) < 4.78 is 6.35. The third-order valence-electron chi connectivity index (χ3n) is 10.6. The zero-order valence-electron chi connectivity index (χ0n) is 26.6. The van der Waals surface area contributed by atoms with Gasteiger partial charge in [-0.1, -0.05) is 140 Å². The number of benzene rings is 10. The number of furan rings is 1. The molecular formula is C48H28O. The standard InChI is InChI=1S/C48H28O/c1-2-14-35-29(10-1)22-23-30-24-25-32(27-41(30)35)31-11-7-12-33(26-31)45-36-15-3-5-17-38(36)47(39-18-6-4-16-37(39)45)42-28-34-13-8-20-43-46(34)48-40(42)19-9-21-44(48)49-43/h1-28H. The Morgan fingerprint density at radius 2 is 0.816 bits per heavy atom. The van der Waals surface area contributed by atoms with Gasteiger partial charge >= 0.3 is 0 Å². The summed E-state index contributed by atoms with van der Waals surface area (Å²) in [7, 11) is 0. The van der Waals surface area contributed by atoms with Crippen LogP contribution in [0.3, 0.4) is 0 Å². The first-order valence-corrected chi connectivity index (χ1v) is 16.9. The van der Waals surface area contributed by atoms with Crippen molar-refractivity contribution in [1.82, 2.24) is 0 Å². The highest BCUT2D eigenvalue weighted by molar-refractivity contribution is 6.29. The highest BCUT2D eigenvalue weighted by atomic mass is 16.3. The summed E-state index contributed by atoms with van der Waals surface area (Å²) in [4.78, 5) is 0. The minimum Gasteiger partial charge on any atom is -0.456 e. The average molecular weight is 621 g/mol. The summed E-state index contributed by atoms with van der Waals surface area (Å²) in [5.74, 6) is 0. The molecule has 0 unspecified atom stereocenters. The zero-order chi connectivity index (χ0) is 32.1. The van der Waals surface area contributed by atoms with E-state index < -0.39 is 0 Å². The maximum absolute atomic E-state index is 6.35. The van der Waals surface area contributed by atoms with Crippen molar-refractivity contribution in [2.24, 2.45) is 0 Å². The molecule has 1 aromatic heterocycles. The van der Waals surface area contributed by atoms with Crippen molar-refractivity contribution in [3.63, 3.8) is 0 Å². The highest BCUT2D eigenvalue weighted by Crippen LogP contribution is 2.48. The lowest BCUT2D eigenvalue weighted by molar-refractivity contribution is 0.669. The van der Waals surface area contributed by atoms with Gasteiger partial charge in [-0.05, 0) is 118 Å². The molecule has 0 spiro atoms. The molecule has 1 nitrogen and oxygen atoms in total. The Morgan fingerprint density at radius 1 is 0.286 bits per heavy atom. The number of hydrogen-bond acceptors (Lipinski definition) is 1. The van der Waals surface area contributed by atoms with Crippen LogP contribution in [0.5, 0.6) is 0 Å². The summed E-state index contributed by atoms with van der Waals surface area (Å²) >= 11 is 0. The van der Waals surface area contributed by atoms with Crippen molar-refractivity contribution in [2.75, 3.05) is 0 Å². The van der Waals surface area contributed by atoms with Crippen molar-refractivity contribution >= 4 is 75.8 Å². The first-order chi connectivity index (χ1) is 24.3. The molecule has 0 radical (unpaired) electrons. The average Bonchev–Trinajstić information content (AvgIpc) is 3.56. The molecule has 10 aromatic carbocycles.